The van der Waals surface area contributed by atoms with E-state index in [1.165, 1.54) is 5.56 Å². The highest BCUT2D eigenvalue weighted by Gasteiger charge is 2.30. The van der Waals surface area contributed by atoms with Crippen LogP contribution in [0.3, 0.4) is 0 Å². The minimum absolute atomic E-state index is 0.0497. The zero-order chi connectivity index (χ0) is 13.1. The molecule has 18 heavy (non-hydrogen) atoms. The van der Waals surface area contributed by atoms with E-state index in [0.717, 1.165) is 10.9 Å². The first-order valence-electron chi connectivity index (χ1n) is 6.14. The Morgan fingerprint density at radius 1 is 1.33 bits per heavy atom. The molecule has 2 amide bonds. The van der Waals surface area contributed by atoms with Crippen molar-refractivity contribution in [1.82, 2.24) is 5.32 Å². The smallest absolute Gasteiger partial charge is 0.229 e. The second-order valence-electron chi connectivity index (χ2n) is 4.87. The van der Waals surface area contributed by atoms with Gasteiger partial charge in [-0.05, 0) is 36.5 Å². The number of benzene rings is 1. The fourth-order valence-electron chi connectivity index (χ4n) is 2.39. The first-order chi connectivity index (χ1) is 8.56. The van der Waals surface area contributed by atoms with E-state index in [-0.39, 0.29) is 23.7 Å². The van der Waals surface area contributed by atoms with Crippen LogP contribution >= 0.6 is 15.9 Å². The molecule has 1 aromatic rings. The van der Waals surface area contributed by atoms with Gasteiger partial charge in [0.25, 0.3) is 0 Å². The van der Waals surface area contributed by atoms with Crippen LogP contribution in [0.25, 0.3) is 0 Å². The molecule has 2 atom stereocenters. The van der Waals surface area contributed by atoms with Crippen molar-refractivity contribution in [3.63, 3.8) is 0 Å². The van der Waals surface area contributed by atoms with Gasteiger partial charge >= 0.3 is 0 Å². The van der Waals surface area contributed by atoms with Crippen molar-refractivity contribution in [1.29, 1.82) is 0 Å². The van der Waals surface area contributed by atoms with E-state index < -0.39 is 0 Å². The van der Waals surface area contributed by atoms with Crippen LogP contribution in [0.4, 0.5) is 0 Å². The maximum absolute atomic E-state index is 11.8. The summed E-state index contributed by atoms with van der Waals surface area (Å²) >= 11 is 3.40. The lowest BCUT2D eigenvalue weighted by Crippen LogP contribution is -2.43. The summed E-state index contributed by atoms with van der Waals surface area (Å²) in [5, 5.41) is 2.42. The van der Waals surface area contributed by atoms with Crippen molar-refractivity contribution in [3.8, 4) is 0 Å². The van der Waals surface area contributed by atoms with E-state index in [4.69, 9.17) is 0 Å². The lowest BCUT2D eigenvalue weighted by atomic mass is 9.83. The number of imide groups is 1. The standard InChI is InChI=1S/C14H16BrNO2/c1-9(8-10-2-4-11(15)5-3-10)12-6-7-13(17)16-14(12)18/h2-5,9,12H,6-8H2,1H3,(H,16,17,18). The second kappa shape index (κ2) is 5.65. The van der Waals surface area contributed by atoms with Crippen LogP contribution in [0, 0.1) is 11.8 Å². The summed E-state index contributed by atoms with van der Waals surface area (Å²) in [4.78, 5) is 22.9. The summed E-state index contributed by atoms with van der Waals surface area (Å²) in [5.74, 6) is -0.0615. The number of piperidine rings is 1. The van der Waals surface area contributed by atoms with Crippen LogP contribution in [-0.4, -0.2) is 11.8 Å². The number of amides is 2. The predicted octanol–water partition coefficient (Wildman–Crippen LogP) is 2.68. The monoisotopic (exact) mass is 309 g/mol. The van der Waals surface area contributed by atoms with Crippen molar-refractivity contribution in [2.45, 2.75) is 26.2 Å². The first kappa shape index (κ1) is 13.3. The molecule has 0 saturated carbocycles. The average Bonchev–Trinajstić information content (AvgIpc) is 2.32. The molecular weight excluding hydrogens is 294 g/mol. The minimum atomic E-state index is -0.146. The second-order valence-corrected chi connectivity index (χ2v) is 5.78. The Bertz CT molecular complexity index is 455. The Morgan fingerprint density at radius 3 is 2.61 bits per heavy atom. The van der Waals surface area contributed by atoms with E-state index in [1.807, 2.05) is 12.1 Å². The van der Waals surface area contributed by atoms with Gasteiger partial charge in [-0.2, -0.15) is 0 Å². The molecule has 1 aromatic carbocycles. The Hall–Kier alpha value is -1.16. The highest BCUT2D eigenvalue weighted by atomic mass is 79.9. The van der Waals surface area contributed by atoms with Crippen LogP contribution in [0.15, 0.2) is 28.7 Å². The number of carbonyl (C=O) groups is 2. The molecule has 1 N–H and O–H groups in total. The van der Waals surface area contributed by atoms with Crippen molar-refractivity contribution in [3.05, 3.63) is 34.3 Å². The Kier molecular flexibility index (Phi) is 4.17. The van der Waals surface area contributed by atoms with Crippen LogP contribution < -0.4 is 5.32 Å². The summed E-state index contributed by atoms with van der Waals surface area (Å²) in [6, 6.07) is 8.14. The van der Waals surface area contributed by atoms with Gasteiger partial charge in [0.1, 0.15) is 0 Å². The quantitative estimate of drug-likeness (QED) is 0.873. The predicted molar refractivity (Wildman–Crippen MR) is 72.9 cm³/mol. The maximum Gasteiger partial charge on any atom is 0.229 e. The Labute approximate surface area is 115 Å². The lowest BCUT2D eigenvalue weighted by molar-refractivity contribution is -0.137. The van der Waals surface area contributed by atoms with Gasteiger partial charge in [-0.1, -0.05) is 35.0 Å². The molecule has 3 nitrogen and oxygen atoms in total. The van der Waals surface area contributed by atoms with Crippen molar-refractivity contribution < 1.29 is 9.59 Å². The van der Waals surface area contributed by atoms with Crippen LogP contribution in [0.1, 0.15) is 25.3 Å². The molecular formula is C14H16BrNO2. The Morgan fingerprint density at radius 2 is 2.00 bits per heavy atom. The summed E-state index contributed by atoms with van der Waals surface area (Å²) in [7, 11) is 0. The summed E-state index contributed by atoms with van der Waals surface area (Å²) < 4.78 is 1.06. The van der Waals surface area contributed by atoms with Gasteiger partial charge in [0.15, 0.2) is 0 Å². The van der Waals surface area contributed by atoms with Gasteiger partial charge < -0.3 is 0 Å². The summed E-state index contributed by atoms with van der Waals surface area (Å²) in [6.45, 7) is 2.07. The maximum atomic E-state index is 11.8. The van der Waals surface area contributed by atoms with Gasteiger partial charge in [0, 0.05) is 16.8 Å². The van der Waals surface area contributed by atoms with E-state index in [9.17, 15) is 9.59 Å². The van der Waals surface area contributed by atoms with E-state index in [1.54, 1.807) is 0 Å². The largest absolute Gasteiger partial charge is 0.296 e. The molecule has 0 bridgehead atoms. The normalized spacial score (nSPS) is 21.6. The molecule has 96 valence electrons. The van der Waals surface area contributed by atoms with E-state index in [0.29, 0.717) is 12.8 Å². The number of halogens is 1. The molecule has 0 aromatic heterocycles. The highest BCUT2D eigenvalue weighted by Crippen LogP contribution is 2.25. The van der Waals surface area contributed by atoms with E-state index in [2.05, 4.69) is 40.3 Å². The van der Waals surface area contributed by atoms with Gasteiger partial charge in [0.05, 0.1) is 0 Å². The fourth-order valence-corrected chi connectivity index (χ4v) is 2.65. The molecule has 1 aliphatic heterocycles. The minimum Gasteiger partial charge on any atom is -0.296 e. The zero-order valence-corrected chi connectivity index (χ0v) is 11.9. The number of carbonyl (C=O) groups excluding carboxylic acids is 2. The molecule has 4 heteroatoms. The van der Waals surface area contributed by atoms with Crippen molar-refractivity contribution >= 4 is 27.7 Å². The van der Waals surface area contributed by atoms with Crippen molar-refractivity contribution in [2.24, 2.45) is 11.8 Å². The van der Waals surface area contributed by atoms with Gasteiger partial charge in [-0.3, -0.25) is 14.9 Å². The summed E-state index contributed by atoms with van der Waals surface area (Å²) in [5.41, 5.74) is 1.22. The van der Waals surface area contributed by atoms with E-state index >= 15 is 0 Å². The summed E-state index contributed by atoms with van der Waals surface area (Å²) in [6.07, 6.45) is 1.99. The molecule has 0 spiro atoms. The number of hydrogen-bond donors (Lipinski definition) is 1. The van der Waals surface area contributed by atoms with Crippen LogP contribution in [-0.2, 0) is 16.0 Å². The first-order valence-corrected chi connectivity index (χ1v) is 6.93. The molecule has 0 radical (unpaired) electrons. The molecule has 1 fully saturated rings. The fraction of sp³-hybridized carbons (Fsp3) is 0.429. The average molecular weight is 310 g/mol. The topological polar surface area (TPSA) is 46.2 Å². The highest BCUT2D eigenvalue weighted by molar-refractivity contribution is 9.10. The van der Waals surface area contributed by atoms with Crippen LogP contribution in [0.5, 0.6) is 0 Å². The van der Waals surface area contributed by atoms with Crippen LogP contribution in [0.2, 0.25) is 0 Å². The van der Waals surface area contributed by atoms with Gasteiger partial charge in [0.2, 0.25) is 11.8 Å². The Balaban J connectivity index is 1.99. The molecule has 1 heterocycles. The third-order valence-electron chi connectivity index (χ3n) is 3.44. The zero-order valence-electron chi connectivity index (χ0n) is 10.3. The molecule has 0 aliphatic carbocycles. The molecule has 1 saturated heterocycles. The third kappa shape index (κ3) is 3.19. The molecule has 2 unspecified atom stereocenters. The SMILES string of the molecule is CC(Cc1ccc(Br)cc1)C1CCC(=O)NC1=O. The van der Waals surface area contributed by atoms with Crippen molar-refractivity contribution in [2.75, 3.05) is 0 Å². The van der Waals surface area contributed by atoms with Gasteiger partial charge in [-0.15, -0.1) is 0 Å². The van der Waals surface area contributed by atoms with Gasteiger partial charge in [-0.25, -0.2) is 0 Å². The number of hydrogen-bond acceptors (Lipinski definition) is 2. The number of rotatable bonds is 3. The lowest BCUT2D eigenvalue weighted by Gasteiger charge is -2.26. The third-order valence-corrected chi connectivity index (χ3v) is 3.97. The molecule has 2 rings (SSSR count). The number of nitrogens with one attached hydrogen (secondary N) is 1. The molecule has 1 aliphatic rings.